The minimum absolute atomic E-state index is 0.298. The van der Waals surface area contributed by atoms with Crippen LogP contribution in [0.4, 0.5) is 10.2 Å². The first-order valence-electron chi connectivity index (χ1n) is 7.56. The molecule has 0 radical (unpaired) electrons. The molecular weight excluding hydrogens is 281 g/mol. The maximum atomic E-state index is 13.4. The first-order valence-corrected chi connectivity index (χ1v) is 7.56. The van der Waals surface area contributed by atoms with Crippen molar-refractivity contribution >= 4 is 11.6 Å². The van der Waals surface area contributed by atoms with Crippen LogP contribution in [0.1, 0.15) is 25.5 Å². The van der Waals surface area contributed by atoms with Gasteiger partial charge >= 0.3 is 0 Å². The molecule has 0 atom stereocenters. The quantitative estimate of drug-likeness (QED) is 0.874. The molecule has 1 saturated heterocycles. The average molecular weight is 299 g/mol. The third kappa shape index (κ3) is 3.13. The number of aromatic nitrogens is 2. The first kappa shape index (κ1) is 14.6. The molecular formula is C17H18FN3O. The highest BCUT2D eigenvalue weighted by Gasteiger charge is 2.19. The molecule has 2 aromatic rings. The van der Waals surface area contributed by atoms with E-state index in [0.717, 1.165) is 17.9 Å². The Morgan fingerprint density at radius 2 is 1.95 bits per heavy atom. The Bertz CT molecular complexity index is 692. The molecule has 1 fully saturated rings. The van der Waals surface area contributed by atoms with Gasteiger partial charge < -0.3 is 4.90 Å². The highest BCUT2D eigenvalue weighted by molar-refractivity contribution is 5.80. The van der Waals surface area contributed by atoms with Gasteiger partial charge in [0.25, 0.3) is 0 Å². The molecule has 0 spiro atoms. The fourth-order valence-corrected chi connectivity index (χ4v) is 2.57. The molecule has 0 amide bonds. The Morgan fingerprint density at radius 1 is 1.18 bits per heavy atom. The summed E-state index contributed by atoms with van der Waals surface area (Å²) in [6, 6.07) is 8.27. The van der Waals surface area contributed by atoms with Gasteiger partial charge in [-0.05, 0) is 18.6 Å². The van der Waals surface area contributed by atoms with Crippen LogP contribution in [0.3, 0.4) is 0 Å². The Hall–Kier alpha value is -2.30. The van der Waals surface area contributed by atoms with Gasteiger partial charge in [0.05, 0.1) is 0 Å². The normalized spacial score (nSPS) is 15.2. The first-order chi connectivity index (χ1) is 10.7. The van der Waals surface area contributed by atoms with Crippen molar-refractivity contribution in [2.24, 2.45) is 0 Å². The van der Waals surface area contributed by atoms with Crippen LogP contribution in [0.15, 0.2) is 30.3 Å². The van der Waals surface area contributed by atoms with Crippen molar-refractivity contribution in [3.05, 3.63) is 41.8 Å². The molecule has 5 heteroatoms. The monoisotopic (exact) mass is 299 g/mol. The van der Waals surface area contributed by atoms with E-state index in [1.165, 1.54) is 12.1 Å². The number of anilines is 1. The van der Waals surface area contributed by atoms with Crippen molar-refractivity contribution in [3.8, 4) is 11.4 Å². The number of piperidine rings is 1. The van der Waals surface area contributed by atoms with E-state index in [0.29, 0.717) is 43.1 Å². The van der Waals surface area contributed by atoms with Gasteiger partial charge in [-0.1, -0.05) is 19.1 Å². The number of benzene rings is 1. The summed E-state index contributed by atoms with van der Waals surface area (Å²) in [5.74, 6) is 1.35. The van der Waals surface area contributed by atoms with E-state index in [-0.39, 0.29) is 5.82 Å². The van der Waals surface area contributed by atoms with Crippen LogP contribution in [-0.4, -0.2) is 28.8 Å². The standard InChI is InChI=1S/C17H18FN3O/c1-2-14-11-16(21-8-6-15(22)7-9-21)20-17(19-14)12-4-3-5-13(18)10-12/h3-5,10-11H,2,6-9H2,1H3. The summed E-state index contributed by atoms with van der Waals surface area (Å²) >= 11 is 0. The Balaban J connectivity index is 1.97. The minimum Gasteiger partial charge on any atom is -0.356 e. The molecule has 0 aliphatic carbocycles. The van der Waals surface area contributed by atoms with E-state index >= 15 is 0 Å². The van der Waals surface area contributed by atoms with Crippen molar-refractivity contribution in [3.63, 3.8) is 0 Å². The predicted octanol–water partition coefficient (Wildman–Crippen LogP) is 3.01. The van der Waals surface area contributed by atoms with Gasteiger partial charge in [-0.25, -0.2) is 14.4 Å². The van der Waals surface area contributed by atoms with Crippen molar-refractivity contribution in [1.82, 2.24) is 9.97 Å². The lowest BCUT2D eigenvalue weighted by Crippen LogP contribution is -2.34. The second-order valence-corrected chi connectivity index (χ2v) is 5.43. The molecule has 0 unspecified atom stereocenters. The number of hydrogen-bond donors (Lipinski definition) is 0. The van der Waals surface area contributed by atoms with E-state index < -0.39 is 0 Å². The van der Waals surface area contributed by atoms with Crippen molar-refractivity contribution in [1.29, 1.82) is 0 Å². The Labute approximate surface area is 129 Å². The molecule has 1 aliphatic rings. The number of rotatable bonds is 3. The summed E-state index contributed by atoms with van der Waals surface area (Å²) in [5, 5.41) is 0. The third-order valence-corrected chi connectivity index (χ3v) is 3.86. The van der Waals surface area contributed by atoms with Gasteiger partial charge in [-0.15, -0.1) is 0 Å². The van der Waals surface area contributed by atoms with Crippen LogP contribution in [0, 0.1) is 5.82 Å². The van der Waals surface area contributed by atoms with Gasteiger partial charge in [0.15, 0.2) is 5.82 Å². The largest absolute Gasteiger partial charge is 0.356 e. The van der Waals surface area contributed by atoms with Gasteiger partial charge in [0, 0.05) is 43.3 Å². The van der Waals surface area contributed by atoms with Gasteiger partial charge in [-0.2, -0.15) is 0 Å². The van der Waals surface area contributed by atoms with Crippen LogP contribution in [0.5, 0.6) is 0 Å². The zero-order chi connectivity index (χ0) is 15.5. The molecule has 0 N–H and O–H groups in total. The number of nitrogens with zero attached hydrogens (tertiary/aromatic N) is 3. The van der Waals surface area contributed by atoms with Crippen LogP contribution in [0.25, 0.3) is 11.4 Å². The van der Waals surface area contributed by atoms with Gasteiger partial charge in [0.2, 0.25) is 0 Å². The Kier molecular flexibility index (Phi) is 4.13. The molecule has 0 bridgehead atoms. The zero-order valence-electron chi connectivity index (χ0n) is 12.6. The second kappa shape index (κ2) is 6.22. The molecule has 3 rings (SSSR count). The number of Topliss-reactive ketones (excluding diaryl/α,β-unsaturated/α-hetero) is 1. The fraction of sp³-hybridized carbons (Fsp3) is 0.353. The highest BCUT2D eigenvalue weighted by Crippen LogP contribution is 2.23. The fourth-order valence-electron chi connectivity index (χ4n) is 2.57. The predicted molar refractivity (Wildman–Crippen MR) is 83.3 cm³/mol. The lowest BCUT2D eigenvalue weighted by Gasteiger charge is -2.27. The summed E-state index contributed by atoms with van der Waals surface area (Å²) in [7, 11) is 0. The SMILES string of the molecule is CCc1cc(N2CCC(=O)CC2)nc(-c2cccc(F)c2)n1. The van der Waals surface area contributed by atoms with Crippen molar-refractivity contribution in [2.45, 2.75) is 26.2 Å². The zero-order valence-corrected chi connectivity index (χ0v) is 12.6. The molecule has 1 aliphatic heterocycles. The van der Waals surface area contributed by atoms with Gasteiger partial charge in [-0.3, -0.25) is 4.79 Å². The summed E-state index contributed by atoms with van der Waals surface area (Å²) in [4.78, 5) is 22.6. The van der Waals surface area contributed by atoms with E-state index in [2.05, 4.69) is 14.9 Å². The van der Waals surface area contributed by atoms with E-state index in [1.54, 1.807) is 12.1 Å². The second-order valence-electron chi connectivity index (χ2n) is 5.43. The summed E-state index contributed by atoms with van der Waals surface area (Å²) in [6.07, 6.45) is 1.89. The van der Waals surface area contributed by atoms with Crippen LogP contribution in [-0.2, 0) is 11.2 Å². The number of carbonyl (C=O) groups is 1. The van der Waals surface area contributed by atoms with Crippen molar-refractivity contribution in [2.75, 3.05) is 18.0 Å². The van der Waals surface area contributed by atoms with Crippen LogP contribution in [0.2, 0.25) is 0 Å². The summed E-state index contributed by atoms with van der Waals surface area (Å²) in [5.41, 5.74) is 1.59. The summed E-state index contributed by atoms with van der Waals surface area (Å²) in [6.45, 7) is 3.39. The average Bonchev–Trinajstić information content (AvgIpc) is 2.55. The smallest absolute Gasteiger partial charge is 0.161 e. The van der Waals surface area contributed by atoms with Crippen LogP contribution >= 0.6 is 0 Å². The van der Waals surface area contributed by atoms with Crippen molar-refractivity contribution < 1.29 is 9.18 Å². The molecule has 1 aromatic carbocycles. The van der Waals surface area contributed by atoms with E-state index in [1.807, 2.05) is 13.0 Å². The lowest BCUT2D eigenvalue weighted by atomic mass is 10.1. The molecule has 4 nitrogen and oxygen atoms in total. The lowest BCUT2D eigenvalue weighted by molar-refractivity contribution is -0.119. The molecule has 22 heavy (non-hydrogen) atoms. The maximum Gasteiger partial charge on any atom is 0.161 e. The minimum atomic E-state index is -0.298. The molecule has 1 aromatic heterocycles. The third-order valence-electron chi connectivity index (χ3n) is 3.86. The van der Waals surface area contributed by atoms with Crippen LogP contribution < -0.4 is 4.90 Å². The van der Waals surface area contributed by atoms with Gasteiger partial charge in [0.1, 0.15) is 17.4 Å². The molecule has 2 heterocycles. The number of halogens is 1. The number of carbonyl (C=O) groups excluding carboxylic acids is 1. The maximum absolute atomic E-state index is 13.4. The topological polar surface area (TPSA) is 46.1 Å². The Morgan fingerprint density at radius 3 is 2.64 bits per heavy atom. The summed E-state index contributed by atoms with van der Waals surface area (Å²) < 4.78 is 13.4. The number of aryl methyl sites for hydroxylation is 1. The highest BCUT2D eigenvalue weighted by atomic mass is 19.1. The number of hydrogen-bond acceptors (Lipinski definition) is 4. The van der Waals surface area contributed by atoms with E-state index in [4.69, 9.17) is 0 Å². The molecule has 0 saturated carbocycles. The van der Waals surface area contributed by atoms with E-state index in [9.17, 15) is 9.18 Å². The molecule has 114 valence electrons. The number of ketones is 1.